The van der Waals surface area contributed by atoms with E-state index in [1.54, 1.807) is 69.3 Å². The predicted octanol–water partition coefficient (Wildman–Crippen LogP) is 5.74. The van der Waals surface area contributed by atoms with Crippen molar-refractivity contribution in [2.24, 2.45) is 0 Å². The van der Waals surface area contributed by atoms with E-state index in [0.717, 1.165) is 18.2 Å². The van der Waals surface area contributed by atoms with Crippen molar-refractivity contribution in [1.29, 1.82) is 0 Å². The summed E-state index contributed by atoms with van der Waals surface area (Å²) in [6.07, 6.45) is -5.48. The SMILES string of the molecule is C=CCC[C@@H](C(=O)N[C@@H](Cc1ccccc1)[C@H](O)CN(C(=O)OC(C)(C)C)[C@@H]1c2cc(OC)ccc2C[C@H]1OCC=C)N(C)S(=O)(=O)CCC(F)(F)F. The normalized spacial score (nSPS) is 17.7. The minimum atomic E-state index is -4.72. The van der Waals surface area contributed by atoms with E-state index in [0.29, 0.717) is 22.0 Å². The molecule has 15 heteroatoms. The van der Waals surface area contributed by atoms with E-state index in [1.807, 2.05) is 6.07 Å². The van der Waals surface area contributed by atoms with Gasteiger partial charge in [0, 0.05) is 13.5 Å². The Hall–Kier alpha value is -3.92. The van der Waals surface area contributed by atoms with Crippen molar-refractivity contribution in [3.05, 3.63) is 90.5 Å². The van der Waals surface area contributed by atoms with Gasteiger partial charge in [-0.1, -0.05) is 48.6 Å². The van der Waals surface area contributed by atoms with Gasteiger partial charge in [-0.05, 0) is 68.9 Å². The maximum Gasteiger partial charge on any atom is 0.410 e. The fourth-order valence-electron chi connectivity index (χ4n) is 6.12. The number of alkyl halides is 3. The van der Waals surface area contributed by atoms with E-state index >= 15 is 0 Å². The first-order chi connectivity index (χ1) is 24.8. The summed E-state index contributed by atoms with van der Waals surface area (Å²) in [5.74, 6) is -1.54. The van der Waals surface area contributed by atoms with Crippen molar-refractivity contribution in [3.63, 3.8) is 0 Å². The Balaban J connectivity index is 2.05. The van der Waals surface area contributed by atoms with Gasteiger partial charge in [0.1, 0.15) is 17.4 Å². The topological polar surface area (TPSA) is 135 Å². The minimum Gasteiger partial charge on any atom is -0.497 e. The second-order valence-electron chi connectivity index (χ2n) is 14.0. The highest BCUT2D eigenvalue weighted by atomic mass is 32.2. The fraction of sp³-hybridized carbons (Fsp3) is 0.526. The van der Waals surface area contributed by atoms with E-state index in [1.165, 1.54) is 18.1 Å². The molecule has 0 heterocycles. The number of carbonyl (C=O) groups excluding carboxylic acids is 2. The molecule has 0 aromatic heterocycles. The number of methoxy groups -OCH3 is 1. The van der Waals surface area contributed by atoms with E-state index in [-0.39, 0.29) is 32.4 Å². The highest BCUT2D eigenvalue weighted by Crippen LogP contribution is 2.40. The Morgan fingerprint density at radius 3 is 2.36 bits per heavy atom. The number of allylic oxidation sites excluding steroid dienone is 1. The highest BCUT2D eigenvalue weighted by Gasteiger charge is 2.43. The summed E-state index contributed by atoms with van der Waals surface area (Å²) in [5, 5.41) is 14.8. The number of halogens is 3. The molecular weight excluding hydrogens is 715 g/mol. The lowest BCUT2D eigenvalue weighted by Crippen LogP contribution is -2.56. The van der Waals surface area contributed by atoms with Gasteiger partial charge >= 0.3 is 12.3 Å². The van der Waals surface area contributed by atoms with Crippen molar-refractivity contribution in [2.75, 3.05) is 33.1 Å². The maximum atomic E-state index is 14.1. The standard InChI is InChI=1S/C38H52F3N3O8S/c1-8-10-16-31(43(6)53(48,49)21-19-38(39,40)41)35(46)42-30(22-26-14-12-11-13-15-26)32(45)25-44(36(47)52-37(3,4)5)34-29-24-28(50-7)18-17-27(29)23-33(34)51-20-9-2/h8-9,11-15,17-18,24,30-34,45H,1-2,10,16,19-23,25H2,3-7H3,(H,42,46)/t30-,31-,32+,33+,34+/m0/s1. The number of carbonyl (C=O) groups is 2. The fourth-order valence-corrected chi connectivity index (χ4v) is 7.48. The van der Waals surface area contributed by atoms with Crippen LogP contribution in [-0.4, -0.2) is 104 Å². The molecule has 0 aliphatic heterocycles. The molecule has 53 heavy (non-hydrogen) atoms. The van der Waals surface area contributed by atoms with Crippen molar-refractivity contribution >= 4 is 22.0 Å². The van der Waals surface area contributed by atoms with Crippen LogP contribution in [0.3, 0.4) is 0 Å². The summed E-state index contributed by atoms with van der Waals surface area (Å²) in [6, 6.07) is 11.1. The van der Waals surface area contributed by atoms with Gasteiger partial charge in [-0.3, -0.25) is 9.69 Å². The van der Waals surface area contributed by atoms with Crippen LogP contribution in [0.5, 0.6) is 5.75 Å². The van der Waals surface area contributed by atoms with Crippen LogP contribution in [0, 0.1) is 0 Å². The summed E-state index contributed by atoms with van der Waals surface area (Å²) in [7, 11) is -1.96. The Kier molecular flexibility index (Phi) is 15.5. The molecular formula is C38H52F3N3O8S. The molecule has 1 aliphatic rings. The zero-order valence-corrected chi connectivity index (χ0v) is 31.8. The van der Waals surface area contributed by atoms with Crippen LogP contribution >= 0.6 is 0 Å². The number of sulfonamides is 1. The molecule has 0 saturated heterocycles. The molecule has 2 amide bonds. The lowest BCUT2D eigenvalue weighted by molar-refractivity contribution is -0.130. The predicted molar refractivity (Wildman–Crippen MR) is 196 cm³/mol. The molecule has 2 aromatic rings. The molecule has 0 saturated carbocycles. The van der Waals surface area contributed by atoms with Crippen LogP contribution in [0.1, 0.15) is 62.8 Å². The first-order valence-corrected chi connectivity index (χ1v) is 19.0. The molecule has 294 valence electrons. The van der Waals surface area contributed by atoms with Crippen LogP contribution < -0.4 is 10.1 Å². The van der Waals surface area contributed by atoms with E-state index < -0.39 is 76.3 Å². The number of rotatable bonds is 19. The third kappa shape index (κ3) is 12.9. The monoisotopic (exact) mass is 767 g/mol. The lowest BCUT2D eigenvalue weighted by Gasteiger charge is -2.38. The van der Waals surface area contributed by atoms with Gasteiger partial charge in [0.2, 0.25) is 15.9 Å². The minimum absolute atomic E-state index is 0.0556. The quantitative estimate of drug-likeness (QED) is 0.173. The summed E-state index contributed by atoms with van der Waals surface area (Å²) in [6.45, 7) is 12.3. The number of aliphatic hydroxyl groups is 1. The molecule has 0 spiro atoms. The number of likely N-dealkylation sites (N-methyl/N-ethyl adjacent to an activating group) is 1. The van der Waals surface area contributed by atoms with E-state index in [9.17, 15) is 36.3 Å². The summed E-state index contributed by atoms with van der Waals surface area (Å²) >= 11 is 0. The van der Waals surface area contributed by atoms with Gasteiger partial charge in [-0.2, -0.15) is 17.5 Å². The number of nitrogens with one attached hydrogen (secondary N) is 1. The molecule has 1 aliphatic carbocycles. The number of amides is 2. The number of aliphatic hydroxyl groups excluding tert-OH is 1. The summed E-state index contributed by atoms with van der Waals surface area (Å²) < 4.78 is 83.1. The van der Waals surface area contributed by atoms with Crippen molar-refractivity contribution in [2.45, 2.75) is 95.0 Å². The number of benzene rings is 2. The molecule has 0 unspecified atom stereocenters. The Morgan fingerprint density at radius 1 is 1.09 bits per heavy atom. The van der Waals surface area contributed by atoms with E-state index in [2.05, 4.69) is 18.5 Å². The van der Waals surface area contributed by atoms with Gasteiger partial charge < -0.3 is 24.6 Å². The molecule has 11 nitrogen and oxygen atoms in total. The second kappa shape index (κ2) is 18.9. The molecule has 2 aromatic carbocycles. The van der Waals surface area contributed by atoms with Crippen LogP contribution in [-0.2, 0) is 37.1 Å². The highest BCUT2D eigenvalue weighted by molar-refractivity contribution is 7.89. The number of fused-ring (bicyclic) bond motifs is 1. The van der Waals surface area contributed by atoms with E-state index in [4.69, 9.17) is 14.2 Å². The largest absolute Gasteiger partial charge is 0.497 e. The third-order valence-electron chi connectivity index (χ3n) is 8.78. The average Bonchev–Trinajstić information content (AvgIpc) is 3.44. The maximum absolute atomic E-state index is 14.1. The van der Waals surface area contributed by atoms with Gasteiger partial charge in [-0.25, -0.2) is 13.2 Å². The third-order valence-corrected chi connectivity index (χ3v) is 10.6. The van der Waals surface area contributed by atoms with Crippen molar-refractivity contribution < 1.29 is 50.5 Å². The van der Waals surface area contributed by atoms with Crippen LogP contribution in [0.2, 0.25) is 0 Å². The first-order valence-electron chi connectivity index (χ1n) is 17.3. The first kappa shape index (κ1) is 43.5. The number of hydrogen-bond acceptors (Lipinski definition) is 8. The van der Waals surface area contributed by atoms with Gasteiger partial charge in [0.05, 0.1) is 56.7 Å². The lowest BCUT2D eigenvalue weighted by atomic mass is 9.98. The smallest absolute Gasteiger partial charge is 0.410 e. The van der Waals surface area contributed by atoms with Gasteiger partial charge in [0.25, 0.3) is 0 Å². The molecule has 5 atom stereocenters. The van der Waals surface area contributed by atoms with Crippen molar-refractivity contribution in [1.82, 2.24) is 14.5 Å². The Labute approximate surface area is 310 Å². The summed E-state index contributed by atoms with van der Waals surface area (Å²) in [5.41, 5.74) is 1.39. The number of hydrogen-bond donors (Lipinski definition) is 2. The molecule has 3 rings (SSSR count). The number of ether oxygens (including phenoxy) is 3. The molecule has 0 radical (unpaired) electrons. The molecule has 2 N–H and O–H groups in total. The van der Waals surface area contributed by atoms with Crippen LogP contribution in [0.25, 0.3) is 0 Å². The Morgan fingerprint density at radius 2 is 1.77 bits per heavy atom. The zero-order chi connectivity index (χ0) is 39.6. The Bertz CT molecular complexity index is 1650. The summed E-state index contributed by atoms with van der Waals surface area (Å²) in [4.78, 5) is 29.4. The molecule has 0 bridgehead atoms. The number of nitrogens with zero attached hydrogens (tertiary/aromatic N) is 2. The van der Waals surface area contributed by atoms with Crippen LogP contribution in [0.4, 0.5) is 18.0 Å². The zero-order valence-electron chi connectivity index (χ0n) is 31.0. The average molecular weight is 768 g/mol. The van der Waals surface area contributed by atoms with Crippen LogP contribution in [0.15, 0.2) is 73.8 Å². The molecule has 0 fully saturated rings. The van der Waals surface area contributed by atoms with Gasteiger partial charge in [-0.15, -0.1) is 13.2 Å². The van der Waals surface area contributed by atoms with Gasteiger partial charge in [0.15, 0.2) is 0 Å². The second-order valence-corrected chi connectivity index (χ2v) is 16.1. The van der Waals surface area contributed by atoms with Crippen molar-refractivity contribution in [3.8, 4) is 5.75 Å².